The first-order valence-corrected chi connectivity index (χ1v) is 8.84. The van der Waals surface area contributed by atoms with Crippen molar-refractivity contribution in [3.63, 3.8) is 0 Å². The predicted octanol–water partition coefficient (Wildman–Crippen LogP) is 1.79. The number of hydrogen-bond acceptors (Lipinski definition) is 4. The fraction of sp³-hybridized carbons (Fsp3) is 0.579. The van der Waals surface area contributed by atoms with Crippen molar-refractivity contribution in [2.45, 2.75) is 70.3 Å². The van der Waals surface area contributed by atoms with Crippen LogP contribution in [0.15, 0.2) is 24.3 Å². The Hall–Kier alpha value is -2.08. The summed E-state index contributed by atoms with van der Waals surface area (Å²) in [5.41, 5.74) is 0.531. The van der Waals surface area contributed by atoms with Gasteiger partial charge in [-0.2, -0.15) is 0 Å². The highest BCUT2D eigenvalue weighted by molar-refractivity contribution is 5.90. The number of hydrogen-bond donors (Lipinski definition) is 3. The van der Waals surface area contributed by atoms with Crippen molar-refractivity contribution in [2.75, 3.05) is 0 Å². The molecule has 25 heavy (non-hydrogen) atoms. The second kappa shape index (κ2) is 6.33. The minimum atomic E-state index is -0.482. The Balaban J connectivity index is 1.66. The van der Waals surface area contributed by atoms with Crippen molar-refractivity contribution in [1.82, 2.24) is 16.0 Å². The first-order chi connectivity index (χ1) is 11.7. The molecule has 0 aromatic heterocycles. The number of ether oxygens (including phenoxy) is 1. The predicted molar refractivity (Wildman–Crippen MR) is 95.0 cm³/mol. The first kappa shape index (κ1) is 17.7. The molecule has 2 fully saturated rings. The van der Waals surface area contributed by atoms with Gasteiger partial charge in [-0.05, 0) is 58.2 Å². The maximum Gasteiger partial charge on any atom is 0.238 e. The summed E-state index contributed by atoms with van der Waals surface area (Å²) in [6.07, 6.45) is 1.80. The second-order valence-electron chi connectivity index (χ2n) is 8.02. The molecule has 2 aliphatic rings. The summed E-state index contributed by atoms with van der Waals surface area (Å²) in [5.74, 6) is 0.604. The summed E-state index contributed by atoms with van der Waals surface area (Å²) in [7, 11) is 0. The molecule has 0 spiro atoms. The minimum Gasteiger partial charge on any atom is -0.488 e. The fourth-order valence-electron chi connectivity index (χ4n) is 3.19. The van der Waals surface area contributed by atoms with E-state index in [9.17, 15) is 9.59 Å². The largest absolute Gasteiger partial charge is 0.488 e. The van der Waals surface area contributed by atoms with E-state index in [1.54, 1.807) is 0 Å². The number of carbonyl (C=O) groups is 2. The molecule has 1 saturated carbocycles. The molecule has 1 heterocycles. The SMILES string of the molecule is CC1NC(=O)CC(C(=O)NC2(c3ccc(OC(C)(C)C)cc3)CC2)N1. The normalized spacial score (nSPS) is 25.0. The molecular formula is C19H27N3O3. The van der Waals surface area contributed by atoms with E-state index in [1.807, 2.05) is 52.0 Å². The van der Waals surface area contributed by atoms with Crippen LogP contribution >= 0.6 is 0 Å². The summed E-state index contributed by atoms with van der Waals surface area (Å²) in [5, 5.41) is 9.01. The summed E-state index contributed by atoms with van der Waals surface area (Å²) >= 11 is 0. The molecule has 1 saturated heterocycles. The molecule has 1 aromatic carbocycles. The lowest BCUT2D eigenvalue weighted by molar-refractivity contribution is -0.132. The summed E-state index contributed by atoms with van der Waals surface area (Å²) < 4.78 is 5.85. The van der Waals surface area contributed by atoms with Crippen molar-refractivity contribution in [1.29, 1.82) is 0 Å². The van der Waals surface area contributed by atoms with E-state index >= 15 is 0 Å². The van der Waals surface area contributed by atoms with E-state index in [0.717, 1.165) is 24.2 Å². The zero-order chi connectivity index (χ0) is 18.2. The molecule has 0 bridgehead atoms. The van der Waals surface area contributed by atoms with Crippen molar-refractivity contribution in [3.05, 3.63) is 29.8 Å². The van der Waals surface area contributed by atoms with Crippen LogP contribution in [0, 0.1) is 0 Å². The van der Waals surface area contributed by atoms with Gasteiger partial charge in [-0.3, -0.25) is 14.9 Å². The van der Waals surface area contributed by atoms with E-state index in [1.165, 1.54) is 0 Å². The van der Waals surface area contributed by atoms with Gasteiger partial charge < -0.3 is 15.4 Å². The van der Waals surface area contributed by atoms with Crippen LogP contribution < -0.4 is 20.7 Å². The quantitative estimate of drug-likeness (QED) is 0.777. The third-order valence-corrected chi connectivity index (χ3v) is 4.48. The lowest BCUT2D eigenvalue weighted by Crippen LogP contribution is -2.60. The van der Waals surface area contributed by atoms with Gasteiger partial charge in [0.15, 0.2) is 0 Å². The van der Waals surface area contributed by atoms with Gasteiger partial charge in [0.2, 0.25) is 11.8 Å². The Labute approximate surface area is 148 Å². The lowest BCUT2D eigenvalue weighted by Gasteiger charge is -2.30. The summed E-state index contributed by atoms with van der Waals surface area (Å²) in [6.45, 7) is 7.87. The van der Waals surface area contributed by atoms with Gasteiger partial charge in [0.25, 0.3) is 0 Å². The molecular weight excluding hydrogens is 318 g/mol. The van der Waals surface area contributed by atoms with Gasteiger partial charge in [-0.1, -0.05) is 12.1 Å². The molecule has 6 heteroatoms. The van der Waals surface area contributed by atoms with Crippen LogP contribution in [0.5, 0.6) is 5.75 Å². The number of nitrogens with one attached hydrogen (secondary N) is 3. The number of rotatable bonds is 4. The van der Waals surface area contributed by atoms with E-state index in [2.05, 4.69) is 16.0 Å². The highest BCUT2D eigenvalue weighted by atomic mass is 16.5. The van der Waals surface area contributed by atoms with Crippen molar-refractivity contribution in [2.24, 2.45) is 0 Å². The molecule has 3 N–H and O–H groups in total. The molecule has 3 rings (SSSR count). The maximum absolute atomic E-state index is 12.6. The maximum atomic E-state index is 12.6. The third-order valence-electron chi connectivity index (χ3n) is 4.48. The van der Waals surface area contributed by atoms with Crippen LogP contribution in [0.4, 0.5) is 0 Å². The van der Waals surface area contributed by atoms with Gasteiger partial charge in [0.1, 0.15) is 11.4 Å². The molecule has 0 radical (unpaired) electrons. The summed E-state index contributed by atoms with van der Waals surface area (Å²) in [4.78, 5) is 24.2. The van der Waals surface area contributed by atoms with Crippen LogP contribution in [0.2, 0.25) is 0 Å². The van der Waals surface area contributed by atoms with Crippen LogP contribution in [0.1, 0.15) is 52.5 Å². The Morgan fingerprint density at radius 1 is 1.24 bits per heavy atom. The third kappa shape index (κ3) is 4.31. The fourth-order valence-corrected chi connectivity index (χ4v) is 3.19. The van der Waals surface area contributed by atoms with Gasteiger partial charge in [-0.25, -0.2) is 0 Å². The van der Waals surface area contributed by atoms with Crippen molar-refractivity contribution < 1.29 is 14.3 Å². The smallest absolute Gasteiger partial charge is 0.238 e. The average Bonchev–Trinajstić information content (AvgIpc) is 3.26. The van der Waals surface area contributed by atoms with E-state index in [4.69, 9.17) is 4.74 Å². The monoisotopic (exact) mass is 345 g/mol. The Morgan fingerprint density at radius 3 is 2.40 bits per heavy atom. The van der Waals surface area contributed by atoms with Crippen LogP contribution in [-0.2, 0) is 15.1 Å². The zero-order valence-corrected chi connectivity index (χ0v) is 15.3. The number of carbonyl (C=O) groups excluding carboxylic acids is 2. The highest BCUT2D eigenvalue weighted by Crippen LogP contribution is 2.46. The van der Waals surface area contributed by atoms with Crippen molar-refractivity contribution >= 4 is 11.8 Å². The molecule has 6 nitrogen and oxygen atoms in total. The molecule has 2 amide bonds. The van der Waals surface area contributed by atoms with Crippen LogP contribution in [0.3, 0.4) is 0 Å². The van der Waals surface area contributed by atoms with Crippen LogP contribution in [-0.4, -0.2) is 29.6 Å². The van der Waals surface area contributed by atoms with Crippen molar-refractivity contribution in [3.8, 4) is 5.75 Å². The highest BCUT2D eigenvalue weighted by Gasteiger charge is 2.47. The first-order valence-electron chi connectivity index (χ1n) is 8.84. The Morgan fingerprint density at radius 2 is 1.88 bits per heavy atom. The van der Waals surface area contributed by atoms with Gasteiger partial charge >= 0.3 is 0 Å². The van der Waals surface area contributed by atoms with Gasteiger partial charge in [0, 0.05) is 0 Å². The van der Waals surface area contributed by atoms with Gasteiger partial charge in [0.05, 0.1) is 24.2 Å². The molecule has 1 aliphatic heterocycles. The Kier molecular flexibility index (Phi) is 4.49. The standard InChI is InChI=1S/C19H27N3O3/c1-12-20-15(11-16(23)21-12)17(24)22-19(9-10-19)13-5-7-14(8-6-13)25-18(2,3)4/h5-8,12,15,20H,9-11H2,1-4H3,(H,21,23)(H,22,24). The second-order valence-corrected chi connectivity index (χ2v) is 8.02. The Bertz CT molecular complexity index is 659. The molecule has 136 valence electrons. The van der Waals surface area contributed by atoms with E-state index in [0.29, 0.717) is 0 Å². The average molecular weight is 345 g/mol. The number of benzene rings is 1. The topological polar surface area (TPSA) is 79.5 Å². The minimum absolute atomic E-state index is 0.0973. The number of amides is 2. The molecule has 1 aromatic rings. The van der Waals surface area contributed by atoms with E-state index < -0.39 is 6.04 Å². The lowest BCUT2D eigenvalue weighted by atomic mass is 10.0. The van der Waals surface area contributed by atoms with Crippen LogP contribution in [0.25, 0.3) is 0 Å². The molecule has 1 aliphatic carbocycles. The molecule has 2 unspecified atom stereocenters. The van der Waals surface area contributed by atoms with E-state index in [-0.39, 0.29) is 35.5 Å². The molecule has 2 atom stereocenters. The summed E-state index contributed by atoms with van der Waals surface area (Å²) in [6, 6.07) is 7.43. The van der Waals surface area contributed by atoms with Gasteiger partial charge in [-0.15, -0.1) is 0 Å². The zero-order valence-electron chi connectivity index (χ0n) is 15.3.